The maximum Gasteiger partial charge on any atom is 0.157 e. The minimum absolute atomic E-state index is 0.340. The molecule has 0 bridgehead atoms. The van der Waals surface area contributed by atoms with Crippen LogP contribution < -0.4 is 11.1 Å². The van der Waals surface area contributed by atoms with Gasteiger partial charge < -0.3 is 11.1 Å². The molecule has 1 heterocycles. The van der Waals surface area contributed by atoms with Crippen LogP contribution in [0.3, 0.4) is 0 Å². The van der Waals surface area contributed by atoms with Crippen LogP contribution >= 0.6 is 11.5 Å². The van der Waals surface area contributed by atoms with Gasteiger partial charge >= 0.3 is 0 Å². The monoisotopic (exact) mass is 236 g/mol. The summed E-state index contributed by atoms with van der Waals surface area (Å²) in [5.41, 5.74) is 6.51. The van der Waals surface area contributed by atoms with E-state index in [9.17, 15) is 0 Å². The Morgan fingerprint density at radius 1 is 1.62 bits per heavy atom. The first-order valence-corrected chi connectivity index (χ1v) is 6.21. The van der Waals surface area contributed by atoms with Crippen molar-refractivity contribution < 1.29 is 0 Å². The van der Waals surface area contributed by atoms with Crippen LogP contribution in [-0.4, -0.2) is 10.4 Å². The highest BCUT2D eigenvalue weighted by atomic mass is 32.1. The molecule has 0 aliphatic heterocycles. The summed E-state index contributed by atoms with van der Waals surface area (Å²) in [6, 6.07) is 2.55. The Hall–Kier alpha value is -1.28. The lowest BCUT2D eigenvalue weighted by atomic mass is 9.92. The molecule has 0 aromatic carbocycles. The maximum absolute atomic E-state index is 8.96. The van der Waals surface area contributed by atoms with Crippen LogP contribution in [-0.2, 0) is 0 Å². The largest absolute Gasteiger partial charge is 0.382 e. The number of nitrogen functional groups attached to an aromatic ring is 1. The van der Waals surface area contributed by atoms with Crippen LogP contribution in [0.4, 0.5) is 10.8 Å². The molecule has 1 atom stereocenters. The van der Waals surface area contributed by atoms with Crippen LogP contribution in [0.25, 0.3) is 0 Å². The van der Waals surface area contributed by atoms with Gasteiger partial charge in [0.15, 0.2) is 5.82 Å². The van der Waals surface area contributed by atoms with E-state index in [0.29, 0.717) is 22.8 Å². The molecule has 16 heavy (non-hydrogen) atoms. The lowest BCUT2D eigenvalue weighted by molar-refractivity contribution is 0.378. The Bertz CT molecular complexity index is 430. The Labute approximate surface area is 99.6 Å². The first kappa shape index (κ1) is 11.2. The first-order valence-electron chi connectivity index (χ1n) is 5.43. The summed E-state index contributed by atoms with van der Waals surface area (Å²) in [5, 5.41) is 13.2. The molecule has 1 aromatic rings. The molecular formula is C11H16N4S. The second-order valence-corrected chi connectivity index (χ2v) is 5.91. The zero-order valence-corrected chi connectivity index (χ0v) is 10.4. The number of rotatable bonds is 2. The van der Waals surface area contributed by atoms with E-state index < -0.39 is 0 Å². The average molecular weight is 236 g/mol. The standard InChI is InChI=1S/C11H16N4S/c1-11(2)4-3-7(5-11)14-10-8(6-12)9(13)15-16-10/h7,14H,3-5H2,1-2H3,(H2,13,15). The number of nitrogens with zero attached hydrogens (tertiary/aromatic N) is 2. The first-order chi connectivity index (χ1) is 7.52. The third-order valence-electron chi connectivity index (χ3n) is 3.13. The van der Waals surface area contributed by atoms with Gasteiger partial charge in [0.05, 0.1) is 0 Å². The molecule has 4 nitrogen and oxygen atoms in total. The molecule has 1 aliphatic carbocycles. The fraction of sp³-hybridized carbons (Fsp3) is 0.636. The minimum atomic E-state index is 0.340. The van der Waals surface area contributed by atoms with Crippen LogP contribution in [0.5, 0.6) is 0 Å². The SMILES string of the molecule is CC1(C)CCC(Nc2snc(N)c2C#N)C1. The highest BCUT2D eigenvalue weighted by molar-refractivity contribution is 7.10. The summed E-state index contributed by atoms with van der Waals surface area (Å²) in [4.78, 5) is 0. The van der Waals surface area contributed by atoms with Gasteiger partial charge in [-0.15, -0.1) is 0 Å². The second-order valence-electron chi connectivity index (χ2n) is 5.13. The van der Waals surface area contributed by atoms with E-state index in [1.165, 1.54) is 18.0 Å². The van der Waals surface area contributed by atoms with Crippen molar-refractivity contribution in [2.24, 2.45) is 5.41 Å². The van der Waals surface area contributed by atoms with Gasteiger partial charge in [0.25, 0.3) is 0 Å². The second kappa shape index (κ2) is 3.95. The van der Waals surface area contributed by atoms with Gasteiger partial charge in [0, 0.05) is 6.04 Å². The van der Waals surface area contributed by atoms with Gasteiger partial charge in [-0.25, -0.2) is 0 Å². The summed E-state index contributed by atoms with van der Waals surface area (Å²) in [5.74, 6) is 0.340. The molecule has 1 unspecified atom stereocenters. The van der Waals surface area contributed by atoms with E-state index in [2.05, 4.69) is 29.6 Å². The van der Waals surface area contributed by atoms with E-state index >= 15 is 0 Å². The van der Waals surface area contributed by atoms with Gasteiger partial charge in [0.1, 0.15) is 16.6 Å². The zero-order valence-electron chi connectivity index (χ0n) is 9.58. The van der Waals surface area contributed by atoms with E-state index in [4.69, 9.17) is 11.0 Å². The summed E-state index contributed by atoms with van der Waals surface area (Å²) in [6.45, 7) is 4.56. The van der Waals surface area contributed by atoms with Gasteiger partial charge in [-0.2, -0.15) is 9.64 Å². The average Bonchev–Trinajstić information content (AvgIpc) is 2.71. The number of nitriles is 1. The molecule has 0 radical (unpaired) electrons. The summed E-state index contributed by atoms with van der Waals surface area (Å²) >= 11 is 1.28. The van der Waals surface area contributed by atoms with E-state index in [1.807, 2.05) is 0 Å². The fourth-order valence-corrected chi connectivity index (χ4v) is 3.00. The molecular weight excluding hydrogens is 220 g/mol. The number of nitrogens with two attached hydrogens (primary N) is 1. The van der Waals surface area contributed by atoms with E-state index in [-0.39, 0.29) is 0 Å². The van der Waals surface area contributed by atoms with Crippen LogP contribution in [0.15, 0.2) is 0 Å². The molecule has 1 fully saturated rings. The molecule has 86 valence electrons. The highest BCUT2D eigenvalue weighted by Crippen LogP contribution is 2.39. The molecule has 0 saturated heterocycles. The van der Waals surface area contributed by atoms with Gasteiger partial charge in [-0.3, -0.25) is 0 Å². The van der Waals surface area contributed by atoms with E-state index in [1.54, 1.807) is 0 Å². The van der Waals surface area contributed by atoms with Crippen molar-refractivity contribution in [1.82, 2.24) is 4.37 Å². The highest BCUT2D eigenvalue weighted by Gasteiger charge is 2.31. The Morgan fingerprint density at radius 2 is 2.38 bits per heavy atom. The van der Waals surface area contributed by atoms with Gasteiger partial charge in [-0.1, -0.05) is 13.8 Å². The molecule has 0 amide bonds. The van der Waals surface area contributed by atoms with Gasteiger partial charge in [-0.05, 0) is 36.2 Å². The number of aromatic nitrogens is 1. The molecule has 2 rings (SSSR count). The number of anilines is 2. The summed E-state index contributed by atoms with van der Waals surface area (Å²) in [7, 11) is 0. The van der Waals surface area contributed by atoms with Crippen molar-refractivity contribution in [3.63, 3.8) is 0 Å². The smallest absolute Gasteiger partial charge is 0.157 e. The molecule has 0 spiro atoms. The molecule has 5 heteroatoms. The molecule has 3 N–H and O–H groups in total. The van der Waals surface area contributed by atoms with Crippen molar-refractivity contribution in [2.45, 2.75) is 39.2 Å². The number of hydrogen-bond donors (Lipinski definition) is 2. The number of hydrogen-bond acceptors (Lipinski definition) is 5. The molecule has 1 aromatic heterocycles. The van der Waals surface area contributed by atoms with Gasteiger partial charge in [0.2, 0.25) is 0 Å². The van der Waals surface area contributed by atoms with Crippen molar-refractivity contribution in [2.75, 3.05) is 11.1 Å². The predicted octanol–water partition coefficient (Wildman–Crippen LogP) is 2.59. The molecule has 1 aliphatic rings. The van der Waals surface area contributed by atoms with Crippen LogP contribution in [0.1, 0.15) is 38.7 Å². The Morgan fingerprint density at radius 3 is 2.94 bits per heavy atom. The summed E-state index contributed by atoms with van der Waals surface area (Å²) in [6.07, 6.45) is 3.51. The molecule has 1 saturated carbocycles. The Balaban J connectivity index is 2.08. The van der Waals surface area contributed by atoms with Crippen molar-refractivity contribution in [3.05, 3.63) is 5.56 Å². The third kappa shape index (κ3) is 2.12. The van der Waals surface area contributed by atoms with Crippen LogP contribution in [0, 0.1) is 16.7 Å². The summed E-state index contributed by atoms with van der Waals surface area (Å²) < 4.78 is 4.00. The van der Waals surface area contributed by atoms with Crippen molar-refractivity contribution in [1.29, 1.82) is 5.26 Å². The third-order valence-corrected chi connectivity index (χ3v) is 3.93. The van der Waals surface area contributed by atoms with E-state index in [0.717, 1.165) is 17.8 Å². The van der Waals surface area contributed by atoms with Crippen LogP contribution in [0.2, 0.25) is 0 Å². The maximum atomic E-state index is 8.96. The normalized spacial score (nSPS) is 22.9. The Kier molecular flexibility index (Phi) is 2.76. The number of nitrogens with one attached hydrogen (secondary N) is 1. The zero-order chi connectivity index (χ0) is 11.8. The topological polar surface area (TPSA) is 74.7 Å². The predicted molar refractivity (Wildman–Crippen MR) is 66.3 cm³/mol. The fourth-order valence-electron chi connectivity index (χ4n) is 2.25. The quantitative estimate of drug-likeness (QED) is 0.827. The van der Waals surface area contributed by atoms with Crippen molar-refractivity contribution >= 4 is 22.4 Å². The minimum Gasteiger partial charge on any atom is -0.382 e. The lowest BCUT2D eigenvalue weighted by Crippen LogP contribution is -2.17. The van der Waals surface area contributed by atoms with Crippen molar-refractivity contribution in [3.8, 4) is 6.07 Å². The lowest BCUT2D eigenvalue weighted by Gasteiger charge is -2.17.